The average molecular weight is 280 g/mol. The number of thioether (sulfide) groups is 1. The fraction of sp³-hybridized carbons (Fsp3) is 0.200. The van der Waals surface area contributed by atoms with Gasteiger partial charge in [-0.05, 0) is 11.4 Å². The average Bonchev–Trinajstić information content (AvgIpc) is 3.07. The zero-order valence-electron chi connectivity index (χ0n) is 9.36. The van der Waals surface area contributed by atoms with Gasteiger partial charge in [-0.15, -0.1) is 31.7 Å². The fourth-order valence-corrected chi connectivity index (χ4v) is 2.53. The van der Waals surface area contributed by atoms with Crippen LogP contribution in [0.5, 0.6) is 0 Å². The Labute approximate surface area is 110 Å². The van der Waals surface area contributed by atoms with Gasteiger partial charge in [0.2, 0.25) is 11.8 Å². The molecule has 0 amide bonds. The molecular weight excluding hydrogens is 272 g/mol. The van der Waals surface area contributed by atoms with Crippen LogP contribution in [-0.2, 0) is 5.75 Å². The number of hydrogen-bond donors (Lipinski definition) is 0. The maximum atomic E-state index is 5.52. The first kappa shape index (κ1) is 11.4. The van der Waals surface area contributed by atoms with Crippen molar-refractivity contribution in [3.8, 4) is 10.8 Å². The number of thiophene rings is 1. The zero-order chi connectivity index (χ0) is 12.4. The van der Waals surface area contributed by atoms with Crippen molar-refractivity contribution >= 4 is 23.1 Å². The molecule has 6 nitrogen and oxygen atoms in total. The molecule has 0 spiro atoms. The summed E-state index contributed by atoms with van der Waals surface area (Å²) in [7, 11) is 0. The van der Waals surface area contributed by atoms with Crippen molar-refractivity contribution in [2.45, 2.75) is 17.9 Å². The van der Waals surface area contributed by atoms with Crippen LogP contribution in [0.4, 0.5) is 0 Å². The molecule has 18 heavy (non-hydrogen) atoms. The van der Waals surface area contributed by atoms with Crippen molar-refractivity contribution in [2.24, 2.45) is 0 Å². The summed E-state index contributed by atoms with van der Waals surface area (Å²) in [6, 6.07) is 3.88. The summed E-state index contributed by atoms with van der Waals surface area (Å²) in [6.07, 6.45) is 0. The maximum absolute atomic E-state index is 5.52. The summed E-state index contributed by atoms with van der Waals surface area (Å²) < 4.78 is 10.8. The van der Waals surface area contributed by atoms with Crippen molar-refractivity contribution in [2.75, 3.05) is 0 Å². The lowest BCUT2D eigenvalue weighted by molar-refractivity contribution is 0.462. The minimum absolute atomic E-state index is 0.495. The molecule has 0 aliphatic heterocycles. The maximum Gasteiger partial charge on any atom is 0.277 e. The van der Waals surface area contributed by atoms with E-state index in [0.29, 0.717) is 28.6 Å². The smallest absolute Gasteiger partial charge is 0.277 e. The monoisotopic (exact) mass is 280 g/mol. The van der Waals surface area contributed by atoms with Crippen molar-refractivity contribution in [3.05, 3.63) is 29.3 Å². The number of hydrogen-bond acceptors (Lipinski definition) is 8. The molecule has 0 aliphatic rings. The molecule has 0 aromatic carbocycles. The van der Waals surface area contributed by atoms with Gasteiger partial charge in [-0.25, -0.2) is 0 Å². The van der Waals surface area contributed by atoms with Crippen molar-refractivity contribution in [1.82, 2.24) is 20.4 Å². The van der Waals surface area contributed by atoms with E-state index in [0.717, 1.165) is 4.88 Å². The predicted molar refractivity (Wildman–Crippen MR) is 66.2 cm³/mol. The molecule has 3 heterocycles. The van der Waals surface area contributed by atoms with Crippen molar-refractivity contribution in [1.29, 1.82) is 0 Å². The van der Waals surface area contributed by atoms with Gasteiger partial charge in [-0.1, -0.05) is 17.8 Å². The number of rotatable bonds is 4. The van der Waals surface area contributed by atoms with E-state index in [9.17, 15) is 0 Å². The standard InChI is InChI=1S/C10H8N4O2S2/c1-6-11-12-8(15-6)5-18-10-14-13-9(16-10)7-3-2-4-17-7/h2-4H,5H2,1H3. The first-order valence-corrected chi connectivity index (χ1v) is 6.97. The molecule has 0 unspecified atom stereocenters. The van der Waals surface area contributed by atoms with E-state index in [-0.39, 0.29) is 0 Å². The van der Waals surface area contributed by atoms with Crippen LogP contribution in [0.1, 0.15) is 11.8 Å². The Morgan fingerprint density at radius 3 is 2.89 bits per heavy atom. The number of nitrogens with zero attached hydrogens (tertiary/aromatic N) is 4. The molecule has 3 aromatic rings. The van der Waals surface area contributed by atoms with E-state index in [4.69, 9.17) is 8.83 Å². The van der Waals surface area contributed by atoms with Crippen LogP contribution in [0, 0.1) is 6.92 Å². The highest BCUT2D eigenvalue weighted by molar-refractivity contribution is 7.98. The lowest BCUT2D eigenvalue weighted by Gasteiger charge is -1.89. The van der Waals surface area contributed by atoms with Crippen LogP contribution in [0.3, 0.4) is 0 Å². The largest absolute Gasteiger partial charge is 0.425 e. The van der Waals surface area contributed by atoms with E-state index in [1.165, 1.54) is 11.8 Å². The van der Waals surface area contributed by atoms with Crippen molar-refractivity contribution in [3.63, 3.8) is 0 Å². The predicted octanol–water partition coefficient (Wildman–Crippen LogP) is 2.78. The molecule has 3 rings (SSSR count). The van der Waals surface area contributed by atoms with Gasteiger partial charge in [0, 0.05) is 6.92 Å². The lowest BCUT2D eigenvalue weighted by atomic mass is 10.5. The number of aryl methyl sites for hydroxylation is 1. The third kappa shape index (κ3) is 2.44. The highest BCUT2D eigenvalue weighted by Gasteiger charge is 2.11. The minimum atomic E-state index is 0.495. The summed E-state index contributed by atoms with van der Waals surface area (Å²) in [6.45, 7) is 1.75. The fourth-order valence-electron chi connectivity index (χ4n) is 1.29. The van der Waals surface area contributed by atoms with Gasteiger partial charge >= 0.3 is 0 Å². The molecule has 0 saturated carbocycles. The summed E-state index contributed by atoms with van der Waals surface area (Å²) in [4.78, 5) is 0.961. The molecule has 0 fully saturated rings. The molecule has 0 N–H and O–H groups in total. The van der Waals surface area contributed by atoms with E-state index < -0.39 is 0 Å². The molecular formula is C10H8N4O2S2. The number of aromatic nitrogens is 4. The molecule has 92 valence electrons. The second-order valence-corrected chi connectivity index (χ2v) is 5.23. The minimum Gasteiger partial charge on any atom is -0.425 e. The highest BCUT2D eigenvalue weighted by atomic mass is 32.2. The molecule has 0 radical (unpaired) electrons. The Bertz CT molecular complexity index is 632. The first-order valence-electron chi connectivity index (χ1n) is 5.10. The topological polar surface area (TPSA) is 77.8 Å². The second-order valence-electron chi connectivity index (χ2n) is 3.35. The first-order chi connectivity index (χ1) is 8.81. The Kier molecular flexibility index (Phi) is 3.11. The Hall–Kier alpha value is -1.67. The third-order valence-corrected chi connectivity index (χ3v) is 3.69. The summed E-state index contributed by atoms with van der Waals surface area (Å²) >= 11 is 2.93. The Morgan fingerprint density at radius 1 is 1.22 bits per heavy atom. The quantitative estimate of drug-likeness (QED) is 0.680. The highest BCUT2D eigenvalue weighted by Crippen LogP contribution is 2.27. The third-order valence-electron chi connectivity index (χ3n) is 2.03. The molecule has 0 saturated heterocycles. The van der Waals surface area contributed by atoms with Crippen LogP contribution in [0.15, 0.2) is 31.6 Å². The van der Waals surface area contributed by atoms with Gasteiger partial charge in [0.15, 0.2) is 0 Å². The van der Waals surface area contributed by atoms with Gasteiger partial charge in [0.1, 0.15) is 0 Å². The van der Waals surface area contributed by atoms with E-state index >= 15 is 0 Å². The summed E-state index contributed by atoms with van der Waals surface area (Å²) in [5.74, 6) is 2.16. The lowest BCUT2D eigenvalue weighted by Crippen LogP contribution is -1.80. The zero-order valence-corrected chi connectivity index (χ0v) is 11.0. The van der Waals surface area contributed by atoms with Crippen LogP contribution < -0.4 is 0 Å². The Morgan fingerprint density at radius 2 is 2.17 bits per heavy atom. The van der Waals surface area contributed by atoms with Crippen LogP contribution >= 0.6 is 23.1 Å². The van der Waals surface area contributed by atoms with E-state index in [1.807, 2.05) is 17.5 Å². The van der Waals surface area contributed by atoms with Gasteiger partial charge in [-0.2, -0.15) is 0 Å². The van der Waals surface area contributed by atoms with E-state index in [1.54, 1.807) is 18.3 Å². The van der Waals surface area contributed by atoms with Crippen LogP contribution in [-0.4, -0.2) is 20.4 Å². The molecule has 0 bridgehead atoms. The summed E-state index contributed by atoms with van der Waals surface area (Å²) in [5.41, 5.74) is 0. The van der Waals surface area contributed by atoms with Crippen molar-refractivity contribution < 1.29 is 8.83 Å². The second kappa shape index (κ2) is 4.91. The van der Waals surface area contributed by atoms with Crippen LogP contribution in [0.2, 0.25) is 0 Å². The van der Waals surface area contributed by atoms with Gasteiger partial charge in [-0.3, -0.25) is 0 Å². The van der Waals surface area contributed by atoms with Gasteiger partial charge in [0.05, 0.1) is 10.6 Å². The van der Waals surface area contributed by atoms with Gasteiger partial charge < -0.3 is 8.83 Å². The molecule has 0 atom stereocenters. The molecule has 0 aliphatic carbocycles. The molecule has 8 heteroatoms. The van der Waals surface area contributed by atoms with E-state index in [2.05, 4.69) is 20.4 Å². The van der Waals surface area contributed by atoms with Crippen LogP contribution in [0.25, 0.3) is 10.8 Å². The SMILES string of the molecule is Cc1nnc(CSc2nnc(-c3cccs3)o2)o1. The molecule has 3 aromatic heterocycles. The normalized spacial score (nSPS) is 10.9. The van der Waals surface area contributed by atoms with Gasteiger partial charge in [0.25, 0.3) is 11.1 Å². The Balaban J connectivity index is 1.67. The summed E-state index contributed by atoms with van der Waals surface area (Å²) in [5, 5.41) is 18.0.